The molecule has 0 saturated heterocycles. The topological polar surface area (TPSA) is 192 Å². The minimum Gasteiger partial charge on any atom is -0.493 e. The van der Waals surface area contributed by atoms with Crippen molar-refractivity contribution in [2.45, 2.75) is 32.7 Å². The number of methoxy groups -OCH3 is 2. The molecule has 1 heterocycles. The summed E-state index contributed by atoms with van der Waals surface area (Å²) in [7, 11) is 2.74. The van der Waals surface area contributed by atoms with E-state index in [1.807, 2.05) is 0 Å². The lowest BCUT2D eigenvalue weighted by molar-refractivity contribution is -0.384. The molecule has 15 nitrogen and oxygen atoms in total. The van der Waals surface area contributed by atoms with Gasteiger partial charge in [0.25, 0.3) is 5.69 Å². The summed E-state index contributed by atoms with van der Waals surface area (Å²) in [6, 6.07) is 13.2. The van der Waals surface area contributed by atoms with Gasteiger partial charge in [-0.1, -0.05) is 18.2 Å². The number of aliphatic hydroxyl groups excluding tert-OH is 1. The molecule has 0 unspecified atom stereocenters. The first-order valence-corrected chi connectivity index (χ1v) is 15.3. The summed E-state index contributed by atoms with van der Waals surface area (Å²) < 4.78 is 28.4. The van der Waals surface area contributed by atoms with E-state index in [0.717, 1.165) is 0 Å². The van der Waals surface area contributed by atoms with Crippen molar-refractivity contribution in [3.05, 3.63) is 97.1 Å². The molecule has 0 fully saturated rings. The van der Waals surface area contributed by atoms with Crippen LogP contribution < -0.4 is 35.0 Å². The predicted molar refractivity (Wildman–Crippen MR) is 177 cm³/mol. The van der Waals surface area contributed by atoms with Gasteiger partial charge in [-0.3, -0.25) is 15.5 Å². The van der Waals surface area contributed by atoms with E-state index in [4.69, 9.17) is 23.7 Å². The van der Waals surface area contributed by atoms with Crippen molar-refractivity contribution in [2.24, 2.45) is 5.10 Å². The summed E-state index contributed by atoms with van der Waals surface area (Å²) in [6.45, 7) is 3.58. The van der Waals surface area contributed by atoms with Gasteiger partial charge in [-0.2, -0.15) is 5.10 Å². The highest BCUT2D eigenvalue weighted by Gasteiger charge is 2.32. The Kier molecular flexibility index (Phi) is 12.2. The molecule has 48 heavy (non-hydrogen) atoms. The summed E-state index contributed by atoms with van der Waals surface area (Å²) in [6.07, 6.45) is 0.252. The molecule has 2 atom stereocenters. The SMILES string of the molecule is CCOc1cc([C@H]2NC(=O)NC(C)=C2C(=O)OC)ccc1OC[C@@H](O)N/N=C\c1cc(Br)c(OCc2cccc([N+](=O)[O-])c2)c(OC)c1. The quantitative estimate of drug-likeness (QED) is 0.0568. The lowest BCUT2D eigenvalue weighted by Crippen LogP contribution is -2.45. The molecular weight excluding hydrogens is 694 g/mol. The first kappa shape index (κ1) is 35.5. The maximum atomic E-state index is 12.5. The van der Waals surface area contributed by atoms with Crippen molar-refractivity contribution in [3.63, 3.8) is 0 Å². The van der Waals surface area contributed by atoms with Gasteiger partial charge in [-0.05, 0) is 70.7 Å². The summed E-state index contributed by atoms with van der Waals surface area (Å²) in [5.41, 5.74) is 4.96. The third kappa shape index (κ3) is 8.92. The largest absolute Gasteiger partial charge is 0.493 e. The van der Waals surface area contributed by atoms with Crippen LogP contribution in [0.4, 0.5) is 10.5 Å². The van der Waals surface area contributed by atoms with Crippen LogP contribution in [0, 0.1) is 10.1 Å². The number of non-ortho nitro benzene ring substituents is 1. The number of nitrogens with zero attached hydrogens (tertiary/aromatic N) is 2. The number of hydrazone groups is 1. The Hall–Kier alpha value is -5.35. The normalized spacial score (nSPS) is 14.9. The molecule has 0 spiro atoms. The van der Waals surface area contributed by atoms with Crippen molar-refractivity contribution in [2.75, 3.05) is 27.4 Å². The lowest BCUT2D eigenvalue weighted by Gasteiger charge is -2.28. The molecule has 1 aliphatic heterocycles. The number of nitro groups is 1. The number of nitro benzene ring substituents is 1. The monoisotopic (exact) mass is 727 g/mol. The van der Waals surface area contributed by atoms with Crippen LogP contribution in [0.25, 0.3) is 0 Å². The maximum Gasteiger partial charge on any atom is 0.337 e. The number of rotatable bonds is 15. The summed E-state index contributed by atoms with van der Waals surface area (Å²) in [4.78, 5) is 35.2. The zero-order valence-electron chi connectivity index (χ0n) is 26.4. The van der Waals surface area contributed by atoms with Gasteiger partial charge >= 0.3 is 12.0 Å². The van der Waals surface area contributed by atoms with Crippen LogP contribution in [0.3, 0.4) is 0 Å². The molecular formula is C32H34BrN5O10. The number of carbonyl (C=O) groups excluding carboxylic acids is 2. The highest BCUT2D eigenvalue weighted by molar-refractivity contribution is 9.10. The number of hydrogen-bond acceptors (Lipinski definition) is 12. The van der Waals surface area contributed by atoms with E-state index in [0.29, 0.717) is 56.5 Å². The van der Waals surface area contributed by atoms with Gasteiger partial charge in [0.05, 0.1) is 48.1 Å². The smallest absolute Gasteiger partial charge is 0.337 e. The predicted octanol–water partition coefficient (Wildman–Crippen LogP) is 4.47. The van der Waals surface area contributed by atoms with Crippen LogP contribution in [0.5, 0.6) is 23.0 Å². The fourth-order valence-corrected chi connectivity index (χ4v) is 5.26. The number of allylic oxidation sites excluding steroid dienone is 1. The fraction of sp³-hybridized carbons (Fsp3) is 0.281. The van der Waals surface area contributed by atoms with Crippen LogP contribution in [-0.4, -0.2) is 61.9 Å². The molecule has 0 saturated carbocycles. The highest BCUT2D eigenvalue weighted by atomic mass is 79.9. The molecule has 3 aromatic carbocycles. The van der Waals surface area contributed by atoms with Gasteiger partial charge < -0.3 is 39.4 Å². The van der Waals surface area contributed by atoms with Crippen molar-refractivity contribution in [3.8, 4) is 23.0 Å². The Morgan fingerprint density at radius 3 is 2.62 bits per heavy atom. The third-order valence-electron chi connectivity index (χ3n) is 6.87. The summed E-state index contributed by atoms with van der Waals surface area (Å²) in [5.74, 6) is 0.853. The molecule has 0 radical (unpaired) electrons. The van der Waals surface area contributed by atoms with Crippen molar-refractivity contribution < 1.29 is 43.3 Å². The Morgan fingerprint density at radius 1 is 1.12 bits per heavy atom. The van der Waals surface area contributed by atoms with E-state index in [2.05, 4.69) is 37.1 Å². The van der Waals surface area contributed by atoms with Gasteiger partial charge in [0.1, 0.15) is 13.2 Å². The van der Waals surface area contributed by atoms with Gasteiger partial charge in [0, 0.05) is 17.8 Å². The molecule has 0 bridgehead atoms. The van der Waals surface area contributed by atoms with Gasteiger partial charge in [-0.25, -0.2) is 9.59 Å². The number of amides is 2. The minimum absolute atomic E-state index is 0.0337. The number of carbonyl (C=O) groups is 2. The Labute approximate surface area is 284 Å². The van der Waals surface area contributed by atoms with Gasteiger partial charge in [-0.15, -0.1) is 0 Å². The van der Waals surface area contributed by atoms with Crippen molar-refractivity contribution >= 4 is 39.8 Å². The molecule has 3 aromatic rings. The first-order valence-electron chi connectivity index (χ1n) is 14.5. The zero-order chi connectivity index (χ0) is 34.8. The number of ether oxygens (including phenoxy) is 5. The minimum atomic E-state index is -1.21. The fourth-order valence-electron chi connectivity index (χ4n) is 4.69. The van der Waals surface area contributed by atoms with E-state index in [1.54, 1.807) is 56.3 Å². The van der Waals surface area contributed by atoms with Crippen LogP contribution in [0.2, 0.25) is 0 Å². The lowest BCUT2D eigenvalue weighted by atomic mass is 9.95. The number of nitrogens with one attached hydrogen (secondary N) is 3. The highest BCUT2D eigenvalue weighted by Crippen LogP contribution is 2.37. The molecule has 4 rings (SSSR count). The van der Waals surface area contributed by atoms with E-state index in [-0.39, 0.29) is 24.5 Å². The van der Waals surface area contributed by atoms with Crippen molar-refractivity contribution in [1.82, 2.24) is 16.1 Å². The number of aliphatic hydroxyl groups is 1. The van der Waals surface area contributed by atoms with Gasteiger partial charge in [0.15, 0.2) is 29.2 Å². The van der Waals surface area contributed by atoms with Crippen LogP contribution in [-0.2, 0) is 16.1 Å². The molecule has 2 amide bonds. The standard InChI is InChI=1S/C32H34BrN5O10/c1-5-46-25-14-21(29-28(31(40)45-4)18(2)35-32(41)36-29)9-10-24(25)47-17-27(39)37-34-15-20-12-23(33)30(26(13-20)44-3)48-16-19-7-6-8-22(11-19)38(42)43/h6-15,27,29,37,39H,5,16-17H2,1-4H3,(H2,35,36,41)/b34-15-/t27-,29-/m1/s1. The third-order valence-corrected chi connectivity index (χ3v) is 7.45. The number of benzene rings is 3. The van der Waals surface area contributed by atoms with E-state index >= 15 is 0 Å². The molecule has 0 aliphatic carbocycles. The molecule has 0 aromatic heterocycles. The summed E-state index contributed by atoms with van der Waals surface area (Å²) >= 11 is 3.47. The zero-order valence-corrected chi connectivity index (χ0v) is 28.0. The Bertz CT molecular complexity index is 1730. The first-order chi connectivity index (χ1) is 23.0. The summed E-state index contributed by atoms with van der Waals surface area (Å²) in [5, 5.41) is 30.9. The Morgan fingerprint density at radius 2 is 1.92 bits per heavy atom. The average molecular weight is 729 g/mol. The van der Waals surface area contributed by atoms with E-state index in [9.17, 15) is 24.8 Å². The van der Waals surface area contributed by atoms with Crippen LogP contribution in [0.1, 0.15) is 36.6 Å². The van der Waals surface area contributed by atoms with Crippen LogP contribution in [0.15, 0.2) is 75.4 Å². The average Bonchev–Trinajstić information content (AvgIpc) is 3.06. The number of hydrogen-bond donors (Lipinski definition) is 4. The molecule has 254 valence electrons. The number of halogens is 1. The van der Waals surface area contributed by atoms with Crippen molar-refractivity contribution in [1.29, 1.82) is 0 Å². The second kappa shape index (κ2) is 16.5. The Balaban J connectivity index is 1.39. The maximum absolute atomic E-state index is 12.5. The molecule has 4 N–H and O–H groups in total. The second-order valence-corrected chi connectivity index (χ2v) is 11.0. The number of urea groups is 1. The van der Waals surface area contributed by atoms with E-state index < -0.39 is 29.2 Å². The second-order valence-electron chi connectivity index (χ2n) is 10.2. The molecule has 1 aliphatic rings. The van der Waals surface area contributed by atoms with Crippen LogP contribution >= 0.6 is 15.9 Å². The van der Waals surface area contributed by atoms with E-state index in [1.165, 1.54) is 32.6 Å². The number of esters is 1. The molecule has 16 heteroatoms. The van der Waals surface area contributed by atoms with Gasteiger partial charge in [0.2, 0.25) is 0 Å².